The maximum atomic E-state index is 11.3. The van der Waals surface area contributed by atoms with Crippen molar-refractivity contribution in [3.8, 4) is 0 Å². The quantitative estimate of drug-likeness (QED) is 0.217. The molecule has 0 saturated heterocycles. The number of Topliss-reactive ketones (excluding diaryl/α,β-unsaturated/α-hetero) is 2. The van der Waals surface area contributed by atoms with E-state index in [2.05, 4.69) is 9.47 Å². The molecule has 152 valence electrons. The Balaban J connectivity index is 0.000000483. The van der Waals surface area contributed by atoms with Crippen molar-refractivity contribution in [1.82, 2.24) is 0 Å². The van der Waals surface area contributed by atoms with Crippen LogP contribution in [0.15, 0.2) is 48.5 Å². The van der Waals surface area contributed by atoms with E-state index >= 15 is 0 Å². The molecular formula is C20H22FeO6-6. The van der Waals surface area contributed by atoms with E-state index in [9.17, 15) is 19.2 Å². The van der Waals surface area contributed by atoms with Gasteiger partial charge in [-0.1, -0.05) is 5.56 Å². The maximum absolute atomic E-state index is 11.3. The second-order valence-electron chi connectivity index (χ2n) is 5.16. The Bertz CT molecular complexity index is 639. The molecule has 0 aliphatic carbocycles. The smallest absolute Gasteiger partial charge is 0.312 e. The van der Waals surface area contributed by atoms with Crippen molar-refractivity contribution >= 4 is 23.5 Å². The number of hydrogen-bond acceptors (Lipinski definition) is 6. The zero-order valence-corrected chi connectivity index (χ0v) is 16.4. The average molecular weight is 414 g/mol. The van der Waals surface area contributed by atoms with Crippen LogP contribution < -0.4 is 0 Å². The van der Waals surface area contributed by atoms with Crippen LogP contribution >= 0.6 is 0 Å². The maximum Gasteiger partial charge on any atom is 0.312 e. The molecule has 0 radical (unpaired) electrons. The van der Waals surface area contributed by atoms with E-state index in [1.807, 2.05) is 0 Å². The third-order valence-corrected chi connectivity index (χ3v) is 3.19. The Labute approximate surface area is 169 Å². The summed E-state index contributed by atoms with van der Waals surface area (Å²) in [6.07, 6.45) is -0.338. The molecule has 0 saturated carbocycles. The minimum Gasteiger partial charge on any atom is -0.718 e. The van der Waals surface area contributed by atoms with E-state index in [0.29, 0.717) is 24.3 Å². The van der Waals surface area contributed by atoms with Gasteiger partial charge in [0.2, 0.25) is 0 Å². The molecule has 2 aromatic rings. The largest absolute Gasteiger partial charge is 0.718 e. The minimum atomic E-state index is -0.464. The first-order valence-corrected chi connectivity index (χ1v) is 8.29. The van der Waals surface area contributed by atoms with E-state index < -0.39 is 11.9 Å². The predicted molar refractivity (Wildman–Crippen MR) is 95.2 cm³/mol. The standard InChI is InChI=1S/2C10H11O3.Fe/c2*1-2-13-10(12)7-9(11)8-5-3-4-6-8;/h2*3-6H,2,7H2,1H3;/q-5;-1;. The van der Waals surface area contributed by atoms with Gasteiger partial charge < -0.3 is 48.9 Å². The van der Waals surface area contributed by atoms with Gasteiger partial charge >= 0.3 is 5.97 Å². The van der Waals surface area contributed by atoms with E-state index in [1.165, 1.54) is 0 Å². The number of esters is 2. The van der Waals surface area contributed by atoms with Gasteiger partial charge in [0.15, 0.2) is 0 Å². The van der Waals surface area contributed by atoms with Gasteiger partial charge in [0.25, 0.3) is 5.97 Å². The monoisotopic (exact) mass is 414 g/mol. The number of ether oxygens (including phenoxy) is 2. The molecule has 0 fully saturated rings. The fraction of sp³-hybridized carbons (Fsp3) is 0.300. The van der Waals surface area contributed by atoms with E-state index in [0.717, 1.165) is 0 Å². The molecule has 0 N–H and O–H groups in total. The molecule has 0 unspecified atom stereocenters. The van der Waals surface area contributed by atoms with Gasteiger partial charge in [-0.05, 0) is 20.3 Å². The molecule has 0 aliphatic rings. The molecule has 0 amide bonds. The Hall–Kier alpha value is -2.50. The summed E-state index contributed by atoms with van der Waals surface area (Å²) in [6, 6.07) is 13.8. The Morgan fingerprint density at radius 3 is 1.70 bits per heavy atom. The summed E-state index contributed by atoms with van der Waals surface area (Å²) in [5.74, 6) is -1.31. The number of carbonyl (C=O) groups is 4. The van der Waals surface area contributed by atoms with Gasteiger partial charge in [0.1, 0.15) is 5.78 Å². The number of rotatable bonds is 8. The van der Waals surface area contributed by atoms with Gasteiger partial charge in [-0.3, -0.25) is 9.59 Å². The van der Waals surface area contributed by atoms with Crippen molar-refractivity contribution in [2.45, 2.75) is 26.7 Å². The van der Waals surface area contributed by atoms with Gasteiger partial charge in [-0.25, -0.2) is 17.9 Å². The molecule has 0 aromatic heterocycles. The van der Waals surface area contributed by atoms with Crippen LogP contribution in [-0.2, 0) is 36.1 Å². The molecule has 0 spiro atoms. The first kappa shape index (κ1) is 24.5. The van der Waals surface area contributed by atoms with E-state index in [4.69, 9.17) is 0 Å². The van der Waals surface area contributed by atoms with Crippen LogP contribution in [-0.4, -0.2) is 36.7 Å². The fourth-order valence-corrected chi connectivity index (χ4v) is 2.01. The molecular weight excluding hydrogens is 392 g/mol. The average Bonchev–Trinajstić information content (AvgIpc) is 3.30. The molecule has 0 aliphatic heterocycles. The minimum absolute atomic E-state index is 0. The van der Waals surface area contributed by atoms with Crippen LogP contribution in [0.5, 0.6) is 0 Å². The second-order valence-corrected chi connectivity index (χ2v) is 5.16. The molecule has 6 nitrogen and oxygen atoms in total. The summed E-state index contributed by atoms with van der Waals surface area (Å²) in [5, 5.41) is 0. The topological polar surface area (TPSA) is 86.7 Å². The predicted octanol–water partition coefficient (Wildman–Crippen LogP) is 3.08. The van der Waals surface area contributed by atoms with Crippen LogP contribution in [0.1, 0.15) is 47.4 Å². The molecule has 7 heteroatoms. The summed E-state index contributed by atoms with van der Waals surface area (Å²) in [5.41, 5.74) is 1.13. The summed E-state index contributed by atoms with van der Waals surface area (Å²) >= 11 is 0. The Kier molecular flexibility index (Phi) is 12.4. The summed E-state index contributed by atoms with van der Waals surface area (Å²) in [4.78, 5) is 44.4. The summed E-state index contributed by atoms with van der Waals surface area (Å²) in [6.45, 7) is 4.05. The van der Waals surface area contributed by atoms with Crippen molar-refractivity contribution < 1.29 is 45.7 Å². The zero-order valence-electron chi connectivity index (χ0n) is 15.3. The summed E-state index contributed by atoms with van der Waals surface area (Å²) < 4.78 is 9.30. The molecule has 0 bridgehead atoms. The van der Waals surface area contributed by atoms with Crippen molar-refractivity contribution in [1.29, 1.82) is 0 Å². The Morgan fingerprint density at radius 1 is 0.815 bits per heavy atom. The van der Waals surface area contributed by atoms with Crippen molar-refractivity contribution in [3.05, 3.63) is 59.7 Å². The SMILES string of the molecule is CCOC(=O)CC(=O)[c-]1[cH-][cH-][cH-][cH-]1.CCOC(=O)CC(=O)[c-]1cccc1.[Fe]. The third kappa shape index (κ3) is 9.68. The molecule has 2 rings (SSSR count). The molecule has 0 heterocycles. The number of hydrogen-bond donors (Lipinski definition) is 0. The van der Waals surface area contributed by atoms with Gasteiger partial charge in [-0.2, -0.15) is 12.1 Å². The van der Waals surface area contributed by atoms with Crippen LogP contribution in [0.4, 0.5) is 0 Å². The number of ketones is 2. The Morgan fingerprint density at radius 2 is 1.26 bits per heavy atom. The normalized spacial score (nSPS) is 9.26. The van der Waals surface area contributed by atoms with Crippen molar-refractivity contribution in [3.63, 3.8) is 0 Å². The molecule has 27 heavy (non-hydrogen) atoms. The second kappa shape index (κ2) is 13.7. The molecule has 0 atom stereocenters. The van der Waals surface area contributed by atoms with Crippen LogP contribution in [0.2, 0.25) is 0 Å². The molecule has 2 aromatic carbocycles. The fourth-order valence-electron chi connectivity index (χ4n) is 2.01. The van der Waals surface area contributed by atoms with Crippen LogP contribution in [0, 0.1) is 0 Å². The van der Waals surface area contributed by atoms with Crippen LogP contribution in [0.3, 0.4) is 0 Å². The van der Waals surface area contributed by atoms with Gasteiger partial charge in [0.05, 0.1) is 19.6 Å². The first-order chi connectivity index (χ1) is 12.5. The van der Waals surface area contributed by atoms with Crippen molar-refractivity contribution in [2.24, 2.45) is 0 Å². The van der Waals surface area contributed by atoms with E-state index in [-0.39, 0.29) is 41.5 Å². The first-order valence-electron chi connectivity index (χ1n) is 8.29. The number of carbonyl (C=O) groups excluding carboxylic acids is 4. The summed E-state index contributed by atoms with van der Waals surface area (Å²) in [7, 11) is 0. The van der Waals surface area contributed by atoms with Gasteiger partial charge in [-0.15, -0.1) is 0 Å². The zero-order chi connectivity index (χ0) is 19.4. The van der Waals surface area contributed by atoms with Gasteiger partial charge in [0, 0.05) is 17.1 Å². The van der Waals surface area contributed by atoms with E-state index in [1.54, 1.807) is 62.4 Å². The van der Waals surface area contributed by atoms with Crippen LogP contribution in [0.25, 0.3) is 0 Å². The van der Waals surface area contributed by atoms with Crippen molar-refractivity contribution in [2.75, 3.05) is 13.2 Å². The third-order valence-electron chi connectivity index (χ3n) is 3.19.